The third-order valence-corrected chi connectivity index (χ3v) is 2.91. The molecule has 0 aliphatic carbocycles. The molecule has 0 amide bonds. The Bertz CT molecular complexity index is 338. The van der Waals surface area contributed by atoms with Crippen LogP contribution in [0.3, 0.4) is 0 Å². The molecular weight excluding hydrogens is 242 g/mol. The lowest BCUT2D eigenvalue weighted by Crippen LogP contribution is -2.26. The van der Waals surface area contributed by atoms with Crippen LogP contribution in [0, 0.1) is 0 Å². The second-order valence-electron chi connectivity index (χ2n) is 4.31. The summed E-state index contributed by atoms with van der Waals surface area (Å²) >= 11 is 0. The average Bonchev–Trinajstić information content (AvgIpc) is 2.46. The number of rotatable bonds is 9. The van der Waals surface area contributed by atoms with Crippen molar-refractivity contribution in [1.29, 1.82) is 0 Å². The van der Waals surface area contributed by atoms with Crippen molar-refractivity contribution in [3.05, 3.63) is 23.8 Å². The zero-order chi connectivity index (χ0) is 14.1. The molecule has 4 heteroatoms. The first-order valence-corrected chi connectivity index (χ1v) is 6.79. The van der Waals surface area contributed by atoms with E-state index in [0.29, 0.717) is 13.2 Å². The van der Waals surface area contributed by atoms with Gasteiger partial charge >= 0.3 is 0 Å². The fourth-order valence-corrected chi connectivity index (χ4v) is 1.86. The van der Waals surface area contributed by atoms with Crippen LogP contribution in [0.5, 0.6) is 11.5 Å². The van der Waals surface area contributed by atoms with Gasteiger partial charge in [0.1, 0.15) is 11.5 Å². The predicted molar refractivity (Wildman–Crippen MR) is 77.1 cm³/mol. The number of hydrogen-bond acceptors (Lipinski definition) is 4. The first kappa shape index (κ1) is 15.8. The zero-order valence-corrected chi connectivity index (χ0v) is 12.4. The van der Waals surface area contributed by atoms with Gasteiger partial charge in [-0.2, -0.15) is 0 Å². The number of nitrogens with one attached hydrogen (secondary N) is 1. The van der Waals surface area contributed by atoms with Crippen LogP contribution in [0.1, 0.15) is 31.9 Å². The van der Waals surface area contributed by atoms with E-state index in [4.69, 9.17) is 14.2 Å². The van der Waals surface area contributed by atoms with Crippen LogP contribution in [0.4, 0.5) is 0 Å². The summed E-state index contributed by atoms with van der Waals surface area (Å²) in [5, 5.41) is 3.49. The van der Waals surface area contributed by atoms with Gasteiger partial charge in [-0.25, -0.2) is 0 Å². The molecule has 0 saturated carbocycles. The van der Waals surface area contributed by atoms with Crippen molar-refractivity contribution in [2.45, 2.75) is 26.3 Å². The third-order valence-electron chi connectivity index (χ3n) is 2.91. The SMILES string of the molecule is CCCNC(COCC)c1cc(OC)cc(OC)c1. The fraction of sp³-hybridized carbons (Fsp3) is 0.600. The van der Waals surface area contributed by atoms with Crippen LogP contribution >= 0.6 is 0 Å². The molecule has 1 aromatic carbocycles. The van der Waals surface area contributed by atoms with Gasteiger partial charge in [0.05, 0.1) is 26.9 Å². The van der Waals surface area contributed by atoms with Crippen molar-refractivity contribution in [1.82, 2.24) is 5.32 Å². The quantitative estimate of drug-likeness (QED) is 0.747. The van der Waals surface area contributed by atoms with Gasteiger partial charge in [-0.3, -0.25) is 0 Å². The normalized spacial score (nSPS) is 12.2. The van der Waals surface area contributed by atoms with E-state index in [9.17, 15) is 0 Å². The second kappa shape index (κ2) is 8.77. The van der Waals surface area contributed by atoms with Crippen LogP contribution in [0.2, 0.25) is 0 Å². The maximum absolute atomic E-state index is 5.55. The lowest BCUT2D eigenvalue weighted by molar-refractivity contribution is 0.123. The summed E-state index contributed by atoms with van der Waals surface area (Å²) in [6.45, 7) is 6.47. The monoisotopic (exact) mass is 267 g/mol. The number of hydrogen-bond donors (Lipinski definition) is 1. The second-order valence-corrected chi connectivity index (χ2v) is 4.31. The van der Waals surface area contributed by atoms with E-state index in [-0.39, 0.29) is 6.04 Å². The highest BCUT2D eigenvalue weighted by Crippen LogP contribution is 2.26. The largest absolute Gasteiger partial charge is 0.497 e. The molecule has 1 N–H and O–H groups in total. The third kappa shape index (κ3) is 5.09. The molecule has 0 fully saturated rings. The van der Waals surface area contributed by atoms with E-state index in [2.05, 4.69) is 12.2 Å². The van der Waals surface area contributed by atoms with Crippen molar-refractivity contribution < 1.29 is 14.2 Å². The molecule has 0 aliphatic heterocycles. The first-order chi connectivity index (χ1) is 9.24. The Morgan fingerprint density at radius 3 is 2.16 bits per heavy atom. The van der Waals surface area contributed by atoms with E-state index in [1.807, 2.05) is 25.1 Å². The molecule has 1 unspecified atom stereocenters. The molecule has 0 heterocycles. The van der Waals surface area contributed by atoms with E-state index >= 15 is 0 Å². The zero-order valence-electron chi connectivity index (χ0n) is 12.4. The summed E-state index contributed by atoms with van der Waals surface area (Å²) in [6.07, 6.45) is 1.09. The Kier molecular flexibility index (Phi) is 7.30. The Morgan fingerprint density at radius 1 is 1.05 bits per heavy atom. The average molecular weight is 267 g/mol. The number of ether oxygens (including phenoxy) is 3. The Balaban J connectivity index is 2.91. The molecule has 0 spiro atoms. The number of methoxy groups -OCH3 is 2. The maximum atomic E-state index is 5.55. The molecule has 1 aromatic rings. The minimum atomic E-state index is 0.156. The van der Waals surface area contributed by atoms with E-state index in [1.54, 1.807) is 14.2 Å². The Labute approximate surface area is 116 Å². The van der Waals surface area contributed by atoms with Gasteiger partial charge in [-0.05, 0) is 37.6 Å². The topological polar surface area (TPSA) is 39.7 Å². The molecule has 4 nitrogen and oxygen atoms in total. The highest BCUT2D eigenvalue weighted by atomic mass is 16.5. The van der Waals surface area contributed by atoms with Gasteiger partial charge in [0.15, 0.2) is 0 Å². The van der Waals surface area contributed by atoms with Gasteiger partial charge < -0.3 is 19.5 Å². The van der Waals surface area contributed by atoms with Crippen LogP contribution in [0.25, 0.3) is 0 Å². The summed E-state index contributed by atoms with van der Waals surface area (Å²) in [5.74, 6) is 1.60. The summed E-state index contributed by atoms with van der Waals surface area (Å²) in [7, 11) is 3.32. The van der Waals surface area contributed by atoms with Crippen LogP contribution in [-0.2, 0) is 4.74 Å². The first-order valence-electron chi connectivity index (χ1n) is 6.79. The molecule has 0 aliphatic rings. The highest BCUT2D eigenvalue weighted by Gasteiger charge is 2.13. The van der Waals surface area contributed by atoms with Crippen molar-refractivity contribution >= 4 is 0 Å². The minimum absolute atomic E-state index is 0.156. The van der Waals surface area contributed by atoms with Gasteiger partial charge in [-0.15, -0.1) is 0 Å². The van der Waals surface area contributed by atoms with Crippen molar-refractivity contribution in [2.24, 2.45) is 0 Å². The molecule has 0 saturated heterocycles. The molecule has 19 heavy (non-hydrogen) atoms. The lowest BCUT2D eigenvalue weighted by atomic mass is 10.1. The van der Waals surface area contributed by atoms with Crippen molar-refractivity contribution in [3.8, 4) is 11.5 Å². The molecule has 1 atom stereocenters. The molecule has 0 aromatic heterocycles. The van der Waals surface area contributed by atoms with Gasteiger partial charge in [0.2, 0.25) is 0 Å². The van der Waals surface area contributed by atoms with Crippen LogP contribution in [-0.4, -0.2) is 34.0 Å². The van der Waals surface area contributed by atoms with Crippen molar-refractivity contribution in [2.75, 3.05) is 34.0 Å². The number of benzene rings is 1. The Hall–Kier alpha value is -1.26. The molecule has 1 rings (SSSR count). The standard InChI is InChI=1S/C15H25NO3/c1-5-7-16-15(11-19-6-2)12-8-13(17-3)10-14(9-12)18-4/h8-10,15-16H,5-7,11H2,1-4H3. The lowest BCUT2D eigenvalue weighted by Gasteiger charge is -2.20. The smallest absolute Gasteiger partial charge is 0.122 e. The Morgan fingerprint density at radius 2 is 1.68 bits per heavy atom. The van der Waals surface area contributed by atoms with E-state index in [1.165, 1.54) is 0 Å². The van der Waals surface area contributed by atoms with Gasteiger partial charge in [0, 0.05) is 12.7 Å². The summed E-state index contributed by atoms with van der Waals surface area (Å²) in [4.78, 5) is 0. The maximum Gasteiger partial charge on any atom is 0.122 e. The summed E-state index contributed by atoms with van der Waals surface area (Å²) < 4.78 is 16.2. The molecule has 0 bridgehead atoms. The summed E-state index contributed by atoms with van der Waals surface area (Å²) in [6, 6.07) is 6.08. The minimum Gasteiger partial charge on any atom is -0.497 e. The van der Waals surface area contributed by atoms with E-state index < -0.39 is 0 Å². The van der Waals surface area contributed by atoms with Crippen molar-refractivity contribution in [3.63, 3.8) is 0 Å². The molecule has 108 valence electrons. The van der Waals surface area contributed by atoms with Crippen LogP contribution in [0.15, 0.2) is 18.2 Å². The fourth-order valence-electron chi connectivity index (χ4n) is 1.86. The highest BCUT2D eigenvalue weighted by molar-refractivity contribution is 5.39. The van der Waals surface area contributed by atoms with Crippen LogP contribution < -0.4 is 14.8 Å². The van der Waals surface area contributed by atoms with Gasteiger partial charge in [0.25, 0.3) is 0 Å². The predicted octanol–water partition coefficient (Wildman–Crippen LogP) is 2.78. The summed E-state index contributed by atoms with van der Waals surface area (Å²) in [5.41, 5.74) is 1.12. The van der Waals surface area contributed by atoms with E-state index in [0.717, 1.165) is 30.0 Å². The molecule has 0 radical (unpaired) electrons. The van der Waals surface area contributed by atoms with Gasteiger partial charge in [-0.1, -0.05) is 6.92 Å². The molecular formula is C15H25NO3.